The molecule has 0 bridgehead atoms. The van der Waals surface area contributed by atoms with E-state index in [1.165, 1.54) is 12.2 Å². The van der Waals surface area contributed by atoms with Gasteiger partial charge in [-0.15, -0.1) is 0 Å². The van der Waals surface area contributed by atoms with Crippen LogP contribution in [0.4, 0.5) is 0 Å². The van der Waals surface area contributed by atoms with Crippen molar-refractivity contribution in [2.45, 2.75) is 245 Å². The van der Waals surface area contributed by atoms with Crippen LogP contribution in [0.5, 0.6) is 0 Å². The molecular formula is C50H84Br2Cl2N4O8. The van der Waals surface area contributed by atoms with Gasteiger partial charge in [0.05, 0.1) is 0 Å². The first-order chi connectivity index (χ1) is 29.5. The van der Waals surface area contributed by atoms with Gasteiger partial charge in [-0.1, -0.05) is 26.3 Å². The first-order valence-electron chi connectivity index (χ1n) is 22.7. The van der Waals surface area contributed by atoms with Gasteiger partial charge in [-0.25, -0.2) is 35.9 Å². The Bertz CT molecular complexity index is 1580. The zero-order chi connectivity index (χ0) is 52.0. The second-order valence-corrected chi connectivity index (χ2v) is 25.5. The molecule has 4 aliphatic rings. The van der Waals surface area contributed by atoms with Gasteiger partial charge < -0.3 is 18.9 Å². The van der Waals surface area contributed by atoms with Gasteiger partial charge in [0.15, 0.2) is 0 Å². The molecule has 0 aliphatic carbocycles. The van der Waals surface area contributed by atoms with Gasteiger partial charge in [0, 0.05) is 151 Å². The van der Waals surface area contributed by atoms with Gasteiger partial charge >= 0.3 is 23.9 Å². The molecule has 0 aromatic carbocycles. The topological polar surface area (TPSA) is 118 Å². The van der Waals surface area contributed by atoms with Crippen molar-refractivity contribution in [3.05, 3.63) is 49.6 Å². The number of esters is 4. The van der Waals surface area contributed by atoms with E-state index in [-0.39, 0.29) is 92.6 Å². The molecule has 4 saturated heterocycles. The number of halogens is 4. The molecule has 16 heteroatoms. The fourth-order valence-electron chi connectivity index (χ4n) is 9.93. The van der Waals surface area contributed by atoms with Crippen LogP contribution in [0.15, 0.2) is 49.6 Å². The Balaban J connectivity index is 0.000000440. The largest absolute Gasteiger partial charge is 0.459 e. The Kier molecular flexibility index (Phi) is 22.1. The third-order valence-corrected chi connectivity index (χ3v) is 17.9. The second-order valence-electron chi connectivity index (χ2n) is 23.4. The average Bonchev–Trinajstić information content (AvgIpc) is 3.13. The highest BCUT2D eigenvalue weighted by molar-refractivity contribution is 9.07. The summed E-state index contributed by atoms with van der Waals surface area (Å²) in [5, 5.41) is 0. The van der Waals surface area contributed by atoms with E-state index in [2.05, 4.69) is 177 Å². The number of ether oxygens (including phenoxy) is 4. The smallest absolute Gasteiger partial charge is 0.333 e. The summed E-state index contributed by atoms with van der Waals surface area (Å²) in [5.74, 6) is -1.30. The summed E-state index contributed by atoms with van der Waals surface area (Å²) in [5.41, 5.74) is -0.00114. The van der Waals surface area contributed by atoms with E-state index in [1.807, 2.05) is 8.84 Å². The number of hydrogen-bond donors (Lipinski definition) is 0. The lowest BCUT2D eigenvalue weighted by molar-refractivity contribution is -0.152. The minimum absolute atomic E-state index is 0.0339. The van der Waals surface area contributed by atoms with Gasteiger partial charge in [0.25, 0.3) is 0 Å². The van der Waals surface area contributed by atoms with Crippen LogP contribution in [-0.4, -0.2) is 109 Å². The van der Waals surface area contributed by atoms with Crippen molar-refractivity contribution in [1.82, 2.24) is 16.7 Å². The lowest BCUT2D eigenvalue weighted by Gasteiger charge is -2.51. The van der Waals surface area contributed by atoms with E-state index in [1.54, 1.807) is 13.8 Å². The predicted molar refractivity (Wildman–Crippen MR) is 276 cm³/mol. The van der Waals surface area contributed by atoms with Gasteiger partial charge in [0.2, 0.25) is 0 Å². The molecule has 66 heavy (non-hydrogen) atoms. The van der Waals surface area contributed by atoms with Gasteiger partial charge in [-0.3, -0.25) is 0 Å². The van der Waals surface area contributed by atoms with Crippen LogP contribution in [0.2, 0.25) is 0 Å². The lowest BCUT2D eigenvalue weighted by atomic mass is 9.81. The van der Waals surface area contributed by atoms with Crippen molar-refractivity contribution in [2.75, 3.05) is 0 Å². The van der Waals surface area contributed by atoms with Gasteiger partial charge in [-0.2, -0.15) is 0 Å². The van der Waals surface area contributed by atoms with Crippen LogP contribution in [0.3, 0.4) is 0 Å². The van der Waals surface area contributed by atoms with Crippen LogP contribution in [0.1, 0.15) is 176 Å². The Hall–Kier alpha value is -1.78. The molecule has 380 valence electrons. The quantitative estimate of drug-likeness (QED) is 0.0996. The predicted octanol–water partition coefficient (Wildman–Crippen LogP) is 12.7. The number of piperidine rings is 4. The highest BCUT2D eigenvalue weighted by atomic mass is 79.9. The van der Waals surface area contributed by atoms with E-state index in [0.717, 1.165) is 51.4 Å². The summed E-state index contributed by atoms with van der Waals surface area (Å²) in [4.78, 5) is 45.5. The number of carbonyl (C=O) groups is 4. The maximum Gasteiger partial charge on any atom is 0.333 e. The monoisotopic (exact) mass is 1100 g/mol. The molecule has 0 amide bonds. The molecule has 0 aromatic heterocycles. The number of hydrogen-bond acceptors (Lipinski definition) is 12. The highest BCUT2D eigenvalue weighted by Crippen LogP contribution is 2.45. The summed E-state index contributed by atoms with van der Waals surface area (Å²) in [7, 11) is 0. The Morgan fingerprint density at radius 1 is 0.439 bits per heavy atom. The summed E-state index contributed by atoms with van der Waals surface area (Å²) in [6.07, 6.45) is 8.38. The Labute approximate surface area is 426 Å². The lowest BCUT2D eigenvalue weighted by Crippen LogP contribution is -2.57. The van der Waals surface area contributed by atoms with Crippen LogP contribution in [-0.2, 0) is 38.1 Å². The highest BCUT2D eigenvalue weighted by Gasteiger charge is 2.49. The Morgan fingerprint density at radius 3 is 0.803 bits per heavy atom. The summed E-state index contributed by atoms with van der Waals surface area (Å²) < 4.78 is 29.6. The van der Waals surface area contributed by atoms with Crippen molar-refractivity contribution in [3.63, 3.8) is 0 Å². The van der Waals surface area contributed by atoms with Crippen molar-refractivity contribution < 1.29 is 38.1 Å². The zero-order valence-electron chi connectivity index (χ0n) is 43.5. The third-order valence-electron chi connectivity index (χ3n) is 12.2. The van der Waals surface area contributed by atoms with E-state index >= 15 is 0 Å². The van der Waals surface area contributed by atoms with Crippen LogP contribution < -0.4 is 0 Å². The van der Waals surface area contributed by atoms with Crippen molar-refractivity contribution >= 4 is 79.7 Å². The van der Waals surface area contributed by atoms with E-state index < -0.39 is 0 Å². The average molecular weight is 1100 g/mol. The summed E-state index contributed by atoms with van der Waals surface area (Å²) >= 11 is 19.9. The Morgan fingerprint density at radius 2 is 0.621 bits per heavy atom. The fraction of sp³-hybridized carbons (Fsp3) is 0.760. The first-order valence-corrected chi connectivity index (χ1v) is 24.8. The molecule has 0 radical (unpaired) electrons. The number of nitrogens with zero attached hydrogens (tertiary/aromatic N) is 4. The molecule has 0 N–H and O–H groups in total. The fourth-order valence-corrected chi connectivity index (χ4v) is 10.8. The molecule has 4 heterocycles. The molecule has 0 saturated carbocycles. The SMILES string of the molecule is C=C(C)C(=O)OC1CC(C)(C)N(Br)C(C)(C)C1.C=C(C)C(=O)OC1CC(C)(C)N(Cl)C(C)(C)C1.C=CC(=O)OC1CC(C)(C)N(Br)C(C)(C)C1.C=CC(=O)OC1CC(C)(C)N(Cl)C(C)(C)C1. The van der Waals surface area contributed by atoms with Crippen molar-refractivity contribution in [2.24, 2.45) is 0 Å². The van der Waals surface area contributed by atoms with Crippen LogP contribution in [0, 0.1) is 0 Å². The van der Waals surface area contributed by atoms with Crippen LogP contribution >= 0.6 is 55.8 Å². The molecule has 0 spiro atoms. The normalized spacial score (nSPS) is 24.7. The summed E-state index contributed by atoms with van der Waals surface area (Å²) in [6, 6.07) is 0. The molecule has 4 aliphatic heterocycles. The summed E-state index contributed by atoms with van der Waals surface area (Å²) in [6.45, 7) is 50.9. The van der Waals surface area contributed by atoms with Crippen LogP contribution in [0.25, 0.3) is 0 Å². The maximum absolute atomic E-state index is 11.6. The minimum atomic E-state index is -0.361. The second kappa shape index (κ2) is 23.4. The number of carbonyl (C=O) groups excluding carboxylic acids is 4. The first kappa shape index (κ1) is 62.2. The molecule has 12 nitrogen and oxygen atoms in total. The maximum atomic E-state index is 11.6. The van der Waals surface area contributed by atoms with Gasteiger partial charge in [-0.05, 0) is 148 Å². The van der Waals surface area contributed by atoms with Crippen molar-refractivity contribution in [1.29, 1.82) is 0 Å². The van der Waals surface area contributed by atoms with E-state index in [9.17, 15) is 19.2 Å². The molecular weight excluding hydrogens is 1020 g/mol. The van der Waals surface area contributed by atoms with E-state index in [4.69, 9.17) is 42.5 Å². The van der Waals surface area contributed by atoms with E-state index in [0.29, 0.717) is 11.1 Å². The van der Waals surface area contributed by atoms with Crippen molar-refractivity contribution in [3.8, 4) is 0 Å². The number of rotatable bonds is 8. The molecule has 4 fully saturated rings. The minimum Gasteiger partial charge on any atom is -0.459 e. The molecule has 4 rings (SSSR count). The molecule has 0 atom stereocenters. The molecule has 0 unspecified atom stereocenters. The standard InChI is InChI=1S/C13H22BrNO2.C13H22ClNO2.C12H20BrNO2.C12H20ClNO2/c2*1-9(2)11(16)17-10-7-12(3,4)15(14)13(5,6)8-10;2*1-6-10(15)16-9-7-11(2,3)14(13)12(4,5)8-9/h2*10H,1,7-8H2,2-6H3;2*6,9H,1,7-8H2,2-5H3. The van der Waals surface area contributed by atoms with Gasteiger partial charge in [0.1, 0.15) is 24.4 Å². The zero-order valence-corrected chi connectivity index (χ0v) is 48.2. The third kappa shape index (κ3) is 17.9. The molecule has 0 aromatic rings.